The van der Waals surface area contributed by atoms with E-state index in [4.69, 9.17) is 26.4 Å². The number of hydrogen-bond donors (Lipinski definition) is 0. The second-order valence-corrected chi connectivity index (χ2v) is 8.91. The first-order valence-corrected chi connectivity index (χ1v) is 11.8. The van der Waals surface area contributed by atoms with Crippen LogP contribution < -0.4 is 19.1 Å². The molecular formula is C26H22FNO4S2. The summed E-state index contributed by atoms with van der Waals surface area (Å²) in [5.74, 6) is 1.29. The summed E-state index contributed by atoms with van der Waals surface area (Å²) < 4.78 is 31.2. The fraction of sp³-hybridized carbons (Fsp3) is 0.154. The molecule has 1 heterocycles. The summed E-state index contributed by atoms with van der Waals surface area (Å²) in [4.78, 5) is 14.5. The maximum atomic E-state index is 14.1. The summed E-state index contributed by atoms with van der Waals surface area (Å²) in [5.41, 5.74) is 0.979. The van der Waals surface area contributed by atoms with E-state index in [9.17, 15) is 9.18 Å². The highest BCUT2D eigenvalue weighted by Crippen LogP contribution is 2.37. The molecule has 174 valence electrons. The molecule has 0 spiro atoms. The molecule has 5 nitrogen and oxygen atoms in total. The van der Waals surface area contributed by atoms with Gasteiger partial charge in [-0.25, -0.2) is 4.39 Å². The van der Waals surface area contributed by atoms with E-state index in [2.05, 4.69) is 0 Å². The van der Waals surface area contributed by atoms with E-state index in [1.807, 2.05) is 48.5 Å². The van der Waals surface area contributed by atoms with Gasteiger partial charge in [-0.15, -0.1) is 0 Å². The second kappa shape index (κ2) is 11.2. The number of halogens is 1. The van der Waals surface area contributed by atoms with Crippen LogP contribution in [0.1, 0.15) is 12.0 Å². The Hall–Kier alpha value is -3.36. The zero-order valence-electron chi connectivity index (χ0n) is 18.4. The predicted octanol–water partition coefficient (Wildman–Crippen LogP) is 6.09. The van der Waals surface area contributed by atoms with Crippen LogP contribution in [0.2, 0.25) is 0 Å². The summed E-state index contributed by atoms with van der Waals surface area (Å²) in [7, 11) is 1.61. The minimum absolute atomic E-state index is 0.159. The van der Waals surface area contributed by atoms with Crippen molar-refractivity contribution in [1.82, 2.24) is 0 Å². The Bertz CT molecular complexity index is 1210. The number of thiocarbonyl (C=S) groups is 1. The van der Waals surface area contributed by atoms with E-state index >= 15 is 0 Å². The largest absolute Gasteiger partial charge is 0.493 e. The van der Waals surface area contributed by atoms with Crippen LogP contribution in [0.15, 0.2) is 77.7 Å². The summed E-state index contributed by atoms with van der Waals surface area (Å²) in [6.45, 7) is 0.998. The van der Waals surface area contributed by atoms with Gasteiger partial charge >= 0.3 is 0 Å². The topological polar surface area (TPSA) is 48.0 Å². The second-order valence-electron chi connectivity index (χ2n) is 7.24. The number of anilines is 1. The maximum absolute atomic E-state index is 14.1. The first-order valence-electron chi connectivity index (χ1n) is 10.6. The molecule has 1 fully saturated rings. The number of para-hydroxylation sites is 3. The van der Waals surface area contributed by atoms with E-state index in [0.717, 1.165) is 17.3 Å². The van der Waals surface area contributed by atoms with E-state index in [1.54, 1.807) is 25.3 Å². The Morgan fingerprint density at radius 1 is 0.941 bits per heavy atom. The predicted molar refractivity (Wildman–Crippen MR) is 137 cm³/mol. The van der Waals surface area contributed by atoms with Crippen molar-refractivity contribution in [3.8, 4) is 17.2 Å². The lowest BCUT2D eigenvalue weighted by Gasteiger charge is -2.14. The number of thioether (sulfide) groups is 1. The fourth-order valence-corrected chi connectivity index (χ4v) is 4.57. The lowest BCUT2D eigenvalue weighted by Crippen LogP contribution is -2.28. The molecular weight excluding hydrogens is 473 g/mol. The van der Waals surface area contributed by atoms with E-state index in [1.165, 1.54) is 17.0 Å². The highest BCUT2D eigenvalue weighted by Gasteiger charge is 2.34. The van der Waals surface area contributed by atoms with Gasteiger partial charge in [0, 0.05) is 6.42 Å². The number of nitrogens with zero attached hydrogens (tertiary/aromatic N) is 1. The third kappa shape index (κ3) is 5.58. The van der Waals surface area contributed by atoms with Gasteiger partial charge in [-0.05, 0) is 48.0 Å². The molecule has 4 rings (SSSR count). The number of amides is 1. The van der Waals surface area contributed by atoms with Crippen molar-refractivity contribution in [2.24, 2.45) is 0 Å². The van der Waals surface area contributed by atoms with Gasteiger partial charge in [-0.2, -0.15) is 0 Å². The average Bonchev–Trinajstić information content (AvgIpc) is 3.13. The Labute approximate surface area is 207 Å². The molecule has 1 saturated heterocycles. The van der Waals surface area contributed by atoms with Gasteiger partial charge in [-0.3, -0.25) is 9.69 Å². The molecule has 0 aliphatic carbocycles. The number of ether oxygens (including phenoxy) is 3. The first-order chi connectivity index (χ1) is 16.6. The summed E-state index contributed by atoms with van der Waals surface area (Å²) in [5, 5.41) is 0. The Balaban J connectivity index is 1.30. The van der Waals surface area contributed by atoms with Crippen LogP contribution in [0, 0.1) is 5.82 Å². The standard InChI is InChI=1S/C26H22FNO4S2/c1-30-22-9-4-5-10-23(22)32-16-6-15-31-19-13-11-18(12-14-19)17-24-25(29)28(26(33)34-24)21-8-3-2-7-20(21)27/h2-5,7-14,17H,6,15-16H2,1H3/b24-17-. The van der Waals surface area contributed by atoms with E-state index in [-0.39, 0.29) is 11.6 Å². The molecule has 0 atom stereocenters. The van der Waals surface area contributed by atoms with Gasteiger partial charge in [0.15, 0.2) is 15.8 Å². The molecule has 1 amide bonds. The lowest BCUT2D eigenvalue weighted by atomic mass is 10.2. The maximum Gasteiger partial charge on any atom is 0.270 e. The van der Waals surface area contributed by atoms with Gasteiger partial charge in [0.25, 0.3) is 5.91 Å². The number of methoxy groups -OCH3 is 1. The summed E-state index contributed by atoms with van der Waals surface area (Å²) in [6, 6.07) is 21.0. The minimum atomic E-state index is -0.491. The number of rotatable bonds is 9. The fourth-order valence-electron chi connectivity index (χ4n) is 3.29. The molecule has 8 heteroatoms. The SMILES string of the molecule is COc1ccccc1OCCCOc1ccc(/C=C2\SC(=S)N(c3ccccc3F)C2=O)cc1. The molecule has 0 radical (unpaired) electrons. The van der Waals surface area contributed by atoms with Crippen LogP contribution >= 0.6 is 24.0 Å². The average molecular weight is 496 g/mol. The van der Waals surface area contributed by atoms with Crippen molar-refractivity contribution >= 4 is 46.0 Å². The molecule has 3 aromatic rings. The zero-order valence-corrected chi connectivity index (χ0v) is 20.0. The molecule has 0 saturated carbocycles. The quantitative estimate of drug-likeness (QED) is 0.203. The highest BCUT2D eigenvalue weighted by molar-refractivity contribution is 8.27. The van der Waals surface area contributed by atoms with Gasteiger partial charge in [0.1, 0.15) is 11.6 Å². The van der Waals surface area contributed by atoms with Gasteiger partial charge in [0.05, 0.1) is 30.9 Å². The van der Waals surface area contributed by atoms with Gasteiger partial charge < -0.3 is 14.2 Å². The number of carbonyl (C=O) groups is 1. The van der Waals surface area contributed by atoms with Gasteiger partial charge in [0.2, 0.25) is 0 Å². The van der Waals surface area contributed by atoms with Crippen LogP contribution in [-0.2, 0) is 4.79 Å². The number of benzene rings is 3. The molecule has 1 aliphatic heterocycles. The van der Waals surface area contributed by atoms with Crippen molar-refractivity contribution in [2.45, 2.75) is 6.42 Å². The van der Waals surface area contributed by atoms with Gasteiger partial charge in [-0.1, -0.05) is 60.4 Å². The van der Waals surface area contributed by atoms with Crippen molar-refractivity contribution in [3.05, 3.63) is 89.1 Å². The molecule has 1 aliphatic rings. The third-order valence-electron chi connectivity index (χ3n) is 4.95. The minimum Gasteiger partial charge on any atom is -0.493 e. The van der Waals surface area contributed by atoms with Crippen LogP contribution in [0.3, 0.4) is 0 Å². The Kier molecular flexibility index (Phi) is 7.82. The smallest absolute Gasteiger partial charge is 0.270 e. The summed E-state index contributed by atoms with van der Waals surface area (Å²) >= 11 is 6.46. The van der Waals surface area contributed by atoms with Crippen LogP contribution in [0.4, 0.5) is 10.1 Å². The third-order valence-corrected chi connectivity index (χ3v) is 6.25. The number of hydrogen-bond acceptors (Lipinski definition) is 6. The molecule has 3 aromatic carbocycles. The zero-order chi connectivity index (χ0) is 23.9. The monoisotopic (exact) mass is 495 g/mol. The van der Waals surface area contributed by atoms with Crippen molar-refractivity contribution < 1.29 is 23.4 Å². The highest BCUT2D eigenvalue weighted by atomic mass is 32.2. The molecule has 0 aromatic heterocycles. The molecule has 0 bridgehead atoms. The van der Waals surface area contributed by atoms with E-state index in [0.29, 0.717) is 46.1 Å². The molecule has 0 unspecified atom stereocenters. The summed E-state index contributed by atoms with van der Waals surface area (Å²) in [6.07, 6.45) is 2.45. The van der Waals surface area contributed by atoms with Crippen LogP contribution in [-0.4, -0.2) is 30.6 Å². The molecule has 34 heavy (non-hydrogen) atoms. The first kappa shape index (κ1) is 23.8. The Morgan fingerprint density at radius 2 is 1.62 bits per heavy atom. The normalized spacial score (nSPS) is 14.5. The van der Waals surface area contributed by atoms with Crippen molar-refractivity contribution in [1.29, 1.82) is 0 Å². The molecule has 0 N–H and O–H groups in total. The van der Waals surface area contributed by atoms with Crippen LogP contribution in [0.5, 0.6) is 17.2 Å². The van der Waals surface area contributed by atoms with Crippen molar-refractivity contribution in [3.63, 3.8) is 0 Å². The Morgan fingerprint density at radius 3 is 2.35 bits per heavy atom. The van der Waals surface area contributed by atoms with E-state index < -0.39 is 5.82 Å². The van der Waals surface area contributed by atoms with Crippen molar-refractivity contribution in [2.75, 3.05) is 25.2 Å². The lowest BCUT2D eigenvalue weighted by molar-refractivity contribution is -0.113. The number of carbonyl (C=O) groups excluding carboxylic acids is 1. The van der Waals surface area contributed by atoms with Crippen LogP contribution in [0.25, 0.3) is 6.08 Å².